The fraction of sp³-hybridized carbons (Fsp3) is 0.400. The van der Waals surface area contributed by atoms with E-state index >= 15 is 0 Å². The predicted octanol–water partition coefficient (Wildman–Crippen LogP) is -0.674. The summed E-state index contributed by atoms with van der Waals surface area (Å²) in [7, 11) is 0. The lowest BCUT2D eigenvalue weighted by Gasteiger charge is -2.07. The molecule has 0 aliphatic carbocycles. The van der Waals surface area contributed by atoms with Crippen molar-refractivity contribution in [3.05, 3.63) is 29.6 Å². The molecule has 0 aliphatic heterocycles. The highest BCUT2D eigenvalue weighted by atomic mass is 16.3. The summed E-state index contributed by atoms with van der Waals surface area (Å²) >= 11 is 0. The molecule has 0 bridgehead atoms. The van der Waals surface area contributed by atoms with Crippen molar-refractivity contribution < 1.29 is 9.90 Å². The van der Waals surface area contributed by atoms with Crippen molar-refractivity contribution >= 4 is 5.91 Å². The van der Waals surface area contributed by atoms with Gasteiger partial charge in [0.1, 0.15) is 6.10 Å². The van der Waals surface area contributed by atoms with Crippen LogP contribution in [0.25, 0.3) is 0 Å². The zero-order valence-corrected chi connectivity index (χ0v) is 8.60. The highest BCUT2D eigenvalue weighted by Gasteiger charge is 2.09. The normalized spacial score (nSPS) is 12.4. The molecule has 0 saturated heterocycles. The number of carbonyl (C=O) groups excluding carboxylic acids is 1. The second-order valence-corrected chi connectivity index (χ2v) is 3.38. The molecule has 0 fully saturated rings. The number of aromatic nitrogens is 1. The number of hydrogen-bond acceptors (Lipinski definition) is 4. The molecule has 1 unspecified atom stereocenters. The van der Waals surface area contributed by atoms with Crippen molar-refractivity contribution in [2.75, 3.05) is 6.54 Å². The van der Waals surface area contributed by atoms with E-state index < -0.39 is 12.0 Å². The number of amides is 1. The van der Waals surface area contributed by atoms with Crippen molar-refractivity contribution in [3.63, 3.8) is 0 Å². The standard InChI is InChI=1S/C10H15N3O2/c1-7-2-3-8(13-4-7)5-12-6-9(14)10(11)15/h2-4,9,12,14H,5-6H2,1H3,(H2,11,15). The van der Waals surface area contributed by atoms with Gasteiger partial charge in [0.15, 0.2) is 0 Å². The van der Waals surface area contributed by atoms with Crippen LogP contribution in [-0.4, -0.2) is 28.6 Å². The van der Waals surface area contributed by atoms with Crippen molar-refractivity contribution in [2.45, 2.75) is 19.6 Å². The van der Waals surface area contributed by atoms with Crippen LogP contribution in [0, 0.1) is 6.92 Å². The van der Waals surface area contributed by atoms with Crippen LogP contribution in [-0.2, 0) is 11.3 Å². The number of carbonyl (C=O) groups is 1. The molecule has 0 radical (unpaired) electrons. The molecular weight excluding hydrogens is 194 g/mol. The molecule has 0 aliphatic rings. The maximum Gasteiger partial charge on any atom is 0.247 e. The summed E-state index contributed by atoms with van der Waals surface area (Å²) in [6, 6.07) is 3.84. The summed E-state index contributed by atoms with van der Waals surface area (Å²) in [6.07, 6.45) is 0.622. The van der Waals surface area contributed by atoms with Gasteiger partial charge in [0.2, 0.25) is 5.91 Å². The lowest BCUT2D eigenvalue weighted by Crippen LogP contribution is -2.37. The lowest BCUT2D eigenvalue weighted by atomic mass is 10.2. The van der Waals surface area contributed by atoms with Crippen LogP contribution >= 0.6 is 0 Å². The van der Waals surface area contributed by atoms with Crippen molar-refractivity contribution in [3.8, 4) is 0 Å². The van der Waals surface area contributed by atoms with Gasteiger partial charge in [-0.25, -0.2) is 0 Å². The van der Waals surface area contributed by atoms with Gasteiger partial charge in [0.05, 0.1) is 5.69 Å². The Morgan fingerprint density at radius 3 is 2.93 bits per heavy atom. The van der Waals surface area contributed by atoms with E-state index in [1.165, 1.54) is 0 Å². The first-order chi connectivity index (χ1) is 7.09. The molecule has 82 valence electrons. The average Bonchev–Trinajstić information content (AvgIpc) is 2.20. The molecule has 0 saturated carbocycles. The molecule has 1 heterocycles. The van der Waals surface area contributed by atoms with E-state index in [9.17, 15) is 4.79 Å². The number of primary amides is 1. The topological polar surface area (TPSA) is 88.2 Å². The number of aliphatic hydroxyl groups excluding tert-OH is 1. The Balaban J connectivity index is 2.32. The Kier molecular flexibility index (Phi) is 4.20. The van der Waals surface area contributed by atoms with E-state index in [1.54, 1.807) is 6.20 Å². The second kappa shape index (κ2) is 5.43. The Morgan fingerprint density at radius 2 is 2.40 bits per heavy atom. The van der Waals surface area contributed by atoms with Gasteiger partial charge in [-0.1, -0.05) is 6.07 Å². The Labute approximate surface area is 88.3 Å². The summed E-state index contributed by atoms with van der Waals surface area (Å²) in [4.78, 5) is 14.7. The molecule has 0 aromatic carbocycles. The number of aryl methyl sites for hydroxylation is 1. The van der Waals surface area contributed by atoms with Gasteiger partial charge < -0.3 is 16.2 Å². The summed E-state index contributed by atoms with van der Waals surface area (Å²) in [5.41, 5.74) is 6.84. The third kappa shape index (κ3) is 4.05. The number of nitrogens with zero attached hydrogens (tertiary/aromatic N) is 1. The van der Waals surface area contributed by atoms with Crippen LogP contribution in [0.3, 0.4) is 0 Å². The van der Waals surface area contributed by atoms with Crippen molar-refractivity contribution in [1.29, 1.82) is 0 Å². The van der Waals surface area contributed by atoms with E-state index in [4.69, 9.17) is 10.8 Å². The monoisotopic (exact) mass is 209 g/mol. The first-order valence-corrected chi connectivity index (χ1v) is 4.69. The summed E-state index contributed by atoms with van der Waals surface area (Å²) in [6.45, 7) is 2.61. The molecule has 5 nitrogen and oxygen atoms in total. The quantitative estimate of drug-likeness (QED) is 0.600. The molecule has 0 spiro atoms. The second-order valence-electron chi connectivity index (χ2n) is 3.38. The molecule has 4 N–H and O–H groups in total. The fourth-order valence-corrected chi connectivity index (χ4v) is 1.04. The molecule has 1 aromatic rings. The lowest BCUT2D eigenvalue weighted by molar-refractivity contribution is -0.125. The number of pyridine rings is 1. The average molecular weight is 209 g/mol. The van der Waals surface area contributed by atoms with Gasteiger partial charge in [0, 0.05) is 19.3 Å². The van der Waals surface area contributed by atoms with Crippen LogP contribution in [0.5, 0.6) is 0 Å². The number of rotatable bonds is 5. The van der Waals surface area contributed by atoms with E-state index in [-0.39, 0.29) is 6.54 Å². The minimum Gasteiger partial charge on any atom is -0.382 e. The zero-order valence-electron chi connectivity index (χ0n) is 8.60. The van der Waals surface area contributed by atoms with Gasteiger partial charge in [-0.2, -0.15) is 0 Å². The maximum atomic E-state index is 10.5. The zero-order chi connectivity index (χ0) is 11.3. The van der Waals surface area contributed by atoms with E-state index in [1.807, 2.05) is 19.1 Å². The molecule has 1 amide bonds. The maximum absolute atomic E-state index is 10.5. The molecule has 15 heavy (non-hydrogen) atoms. The van der Waals surface area contributed by atoms with Gasteiger partial charge in [0.25, 0.3) is 0 Å². The van der Waals surface area contributed by atoms with E-state index in [0.717, 1.165) is 11.3 Å². The third-order valence-corrected chi connectivity index (χ3v) is 1.94. The number of nitrogens with one attached hydrogen (secondary N) is 1. The number of aliphatic hydroxyl groups is 1. The van der Waals surface area contributed by atoms with Gasteiger partial charge in [-0.3, -0.25) is 9.78 Å². The van der Waals surface area contributed by atoms with Gasteiger partial charge in [-0.05, 0) is 18.6 Å². The Bertz CT molecular complexity index is 324. The minimum absolute atomic E-state index is 0.144. The van der Waals surface area contributed by atoms with Crippen molar-refractivity contribution in [1.82, 2.24) is 10.3 Å². The van der Waals surface area contributed by atoms with Crippen LogP contribution in [0.4, 0.5) is 0 Å². The highest BCUT2D eigenvalue weighted by Crippen LogP contribution is 1.97. The smallest absolute Gasteiger partial charge is 0.247 e. The van der Waals surface area contributed by atoms with Crippen LogP contribution in [0.15, 0.2) is 18.3 Å². The highest BCUT2D eigenvalue weighted by molar-refractivity contribution is 5.78. The van der Waals surface area contributed by atoms with Gasteiger partial charge >= 0.3 is 0 Å². The van der Waals surface area contributed by atoms with Crippen LogP contribution in [0.1, 0.15) is 11.3 Å². The fourth-order valence-electron chi connectivity index (χ4n) is 1.04. The Hall–Kier alpha value is -1.46. The van der Waals surface area contributed by atoms with Crippen molar-refractivity contribution in [2.24, 2.45) is 5.73 Å². The van der Waals surface area contributed by atoms with Crippen LogP contribution in [0.2, 0.25) is 0 Å². The largest absolute Gasteiger partial charge is 0.382 e. The minimum atomic E-state index is -1.14. The van der Waals surface area contributed by atoms with Gasteiger partial charge in [-0.15, -0.1) is 0 Å². The van der Waals surface area contributed by atoms with E-state index in [0.29, 0.717) is 6.54 Å². The first kappa shape index (κ1) is 11.6. The predicted molar refractivity (Wildman–Crippen MR) is 55.9 cm³/mol. The molecular formula is C10H15N3O2. The molecule has 1 atom stereocenters. The first-order valence-electron chi connectivity index (χ1n) is 4.69. The summed E-state index contributed by atoms with van der Waals surface area (Å²) in [5, 5.41) is 12.0. The molecule has 1 aromatic heterocycles. The number of hydrogen-bond donors (Lipinski definition) is 3. The summed E-state index contributed by atoms with van der Waals surface area (Å²) < 4.78 is 0. The SMILES string of the molecule is Cc1ccc(CNCC(O)C(N)=O)nc1. The van der Waals surface area contributed by atoms with E-state index in [2.05, 4.69) is 10.3 Å². The summed E-state index contributed by atoms with van der Waals surface area (Å²) in [5.74, 6) is -0.723. The van der Waals surface area contributed by atoms with Crippen LogP contribution < -0.4 is 11.1 Å². The Morgan fingerprint density at radius 1 is 1.67 bits per heavy atom. The molecule has 1 rings (SSSR count). The third-order valence-electron chi connectivity index (χ3n) is 1.94. The molecule has 5 heteroatoms. The number of nitrogens with two attached hydrogens (primary N) is 1.